The van der Waals surface area contributed by atoms with Gasteiger partial charge in [0, 0.05) is 11.8 Å². The van der Waals surface area contributed by atoms with Gasteiger partial charge >= 0.3 is 0 Å². The first-order valence-electron chi connectivity index (χ1n) is 9.05. The van der Waals surface area contributed by atoms with E-state index in [2.05, 4.69) is 48.6 Å². The van der Waals surface area contributed by atoms with Crippen LogP contribution in [-0.4, -0.2) is 14.2 Å². The van der Waals surface area contributed by atoms with E-state index < -0.39 is 0 Å². The molecule has 0 saturated heterocycles. The Morgan fingerprint density at radius 1 is 0.926 bits per heavy atom. The van der Waals surface area contributed by atoms with Gasteiger partial charge in [-0.1, -0.05) is 62.7 Å². The zero-order valence-corrected chi connectivity index (χ0v) is 17.1. The second-order valence-corrected chi connectivity index (χ2v) is 7.78. The number of ether oxygens (including phenoxy) is 2. The average Bonchev–Trinajstić information content (AvgIpc) is 2.70. The van der Waals surface area contributed by atoms with Crippen molar-refractivity contribution in [2.75, 3.05) is 14.2 Å². The predicted molar refractivity (Wildman–Crippen MR) is 115 cm³/mol. The number of hydrogen-bond acceptors (Lipinski definition) is 3. The Balaban J connectivity index is 1.87. The Kier molecular flexibility index (Phi) is 6.86. The summed E-state index contributed by atoms with van der Waals surface area (Å²) in [6.07, 6.45) is 0. The Morgan fingerprint density at radius 3 is 2.48 bits per heavy atom. The molecule has 3 aromatic carbocycles. The number of rotatable bonds is 8. The normalized spacial score (nSPS) is 11.1. The molecule has 0 saturated carbocycles. The summed E-state index contributed by atoms with van der Waals surface area (Å²) in [7, 11) is 4.18. The summed E-state index contributed by atoms with van der Waals surface area (Å²) in [6.45, 7) is 3.54. The molecule has 27 heavy (non-hydrogen) atoms. The molecule has 1 atom stereocenters. The van der Waals surface area contributed by atoms with Crippen LogP contribution in [0.4, 0.5) is 0 Å². The van der Waals surface area contributed by atoms with E-state index in [1.54, 1.807) is 7.11 Å². The summed E-state index contributed by atoms with van der Waals surface area (Å²) >= 11 is 0. The lowest BCUT2D eigenvalue weighted by Crippen LogP contribution is -2.16. The van der Waals surface area contributed by atoms with Crippen LogP contribution in [0.25, 0.3) is 0 Å². The summed E-state index contributed by atoms with van der Waals surface area (Å²) in [4.78, 5) is 0. The molecule has 1 N–H and O–H groups in total. The van der Waals surface area contributed by atoms with E-state index in [-0.39, 0.29) is 0 Å². The number of methoxy groups -OCH3 is 1. The summed E-state index contributed by atoms with van der Waals surface area (Å²) < 4.78 is 11.6. The van der Waals surface area contributed by atoms with E-state index in [1.165, 1.54) is 16.4 Å². The minimum atomic E-state index is 0.503. The molecule has 0 amide bonds. The topological polar surface area (TPSA) is 30.5 Å². The molecule has 0 heterocycles. The van der Waals surface area contributed by atoms with Crippen LogP contribution in [0, 0.1) is 6.92 Å². The van der Waals surface area contributed by atoms with Crippen LogP contribution >= 0.6 is 8.58 Å². The Morgan fingerprint density at radius 2 is 1.74 bits per heavy atom. The van der Waals surface area contributed by atoms with Crippen LogP contribution in [0.2, 0.25) is 0 Å². The van der Waals surface area contributed by atoms with Crippen molar-refractivity contribution >= 4 is 19.2 Å². The number of nitrogens with one attached hydrogen (secondary N) is 1. The molecule has 0 aliphatic rings. The minimum absolute atomic E-state index is 0.503. The van der Waals surface area contributed by atoms with Gasteiger partial charge in [-0.05, 0) is 48.6 Å². The molecule has 1 unspecified atom stereocenters. The number of aryl methyl sites for hydroxylation is 1. The van der Waals surface area contributed by atoms with Crippen LogP contribution < -0.4 is 25.4 Å². The highest BCUT2D eigenvalue weighted by Crippen LogP contribution is 2.26. The molecule has 3 rings (SSSR count). The second kappa shape index (κ2) is 9.55. The van der Waals surface area contributed by atoms with Crippen molar-refractivity contribution in [3.05, 3.63) is 83.4 Å². The fourth-order valence-electron chi connectivity index (χ4n) is 2.92. The van der Waals surface area contributed by atoms with Crippen LogP contribution in [-0.2, 0) is 13.2 Å². The quantitative estimate of drug-likeness (QED) is 0.602. The van der Waals surface area contributed by atoms with Crippen LogP contribution in [0.15, 0.2) is 66.7 Å². The number of hydrogen-bond donors (Lipinski definition) is 1. The van der Waals surface area contributed by atoms with Crippen LogP contribution in [0.1, 0.15) is 16.7 Å². The van der Waals surface area contributed by atoms with Crippen molar-refractivity contribution in [3.63, 3.8) is 0 Å². The van der Waals surface area contributed by atoms with Gasteiger partial charge in [0.1, 0.15) is 18.1 Å². The van der Waals surface area contributed by atoms with Gasteiger partial charge in [0.25, 0.3) is 0 Å². The van der Waals surface area contributed by atoms with E-state index in [0.29, 0.717) is 15.2 Å². The third kappa shape index (κ3) is 5.32. The first-order chi connectivity index (χ1) is 13.2. The van der Waals surface area contributed by atoms with Gasteiger partial charge in [-0.3, -0.25) is 0 Å². The molecular formula is C23H26NO2P. The van der Waals surface area contributed by atoms with Gasteiger partial charge in [-0.15, -0.1) is 0 Å². The van der Waals surface area contributed by atoms with E-state index in [1.807, 2.05) is 37.4 Å². The van der Waals surface area contributed by atoms with Crippen LogP contribution in [0.5, 0.6) is 11.5 Å². The van der Waals surface area contributed by atoms with Gasteiger partial charge in [0.2, 0.25) is 0 Å². The highest BCUT2D eigenvalue weighted by Gasteiger charge is 2.10. The summed E-state index contributed by atoms with van der Waals surface area (Å²) in [5.74, 6) is 1.76. The van der Waals surface area contributed by atoms with Crippen LogP contribution in [0.3, 0.4) is 0 Å². The van der Waals surface area contributed by atoms with E-state index in [4.69, 9.17) is 9.47 Å². The van der Waals surface area contributed by atoms with Gasteiger partial charge in [0.15, 0.2) is 0 Å². The lowest BCUT2D eigenvalue weighted by Gasteiger charge is -2.15. The maximum absolute atomic E-state index is 6.15. The lowest BCUT2D eigenvalue weighted by atomic mass is 10.1. The summed E-state index contributed by atoms with van der Waals surface area (Å²) in [6, 6.07) is 22.9. The largest absolute Gasteiger partial charge is 0.497 e. The Bertz CT molecular complexity index is 881. The summed E-state index contributed by atoms with van der Waals surface area (Å²) in [5.41, 5.74) is 3.77. The standard InChI is InChI=1S/C23H26NO2P/c1-17-9-12-22(19(13-17)15-24-2)27-23-14-20(25-3)10-11-21(23)26-16-18-7-5-4-6-8-18/h4-14,24,27H,15-16H2,1-3H3. The Hall–Kier alpha value is -2.35. The zero-order valence-electron chi connectivity index (χ0n) is 16.1. The van der Waals surface area contributed by atoms with E-state index in [9.17, 15) is 0 Å². The third-order valence-corrected chi connectivity index (χ3v) is 5.74. The first-order valence-corrected chi connectivity index (χ1v) is 10.1. The smallest absolute Gasteiger partial charge is 0.127 e. The van der Waals surface area contributed by atoms with Gasteiger partial charge in [0.05, 0.1) is 7.11 Å². The fourth-order valence-corrected chi connectivity index (χ4v) is 4.19. The molecule has 0 aromatic heterocycles. The molecule has 0 aliphatic heterocycles. The predicted octanol–water partition coefficient (Wildman–Crippen LogP) is 3.93. The maximum Gasteiger partial charge on any atom is 0.127 e. The molecule has 3 nitrogen and oxygen atoms in total. The van der Waals surface area contributed by atoms with Gasteiger partial charge in [-0.2, -0.15) is 0 Å². The van der Waals surface area contributed by atoms with Crippen molar-refractivity contribution < 1.29 is 9.47 Å². The third-order valence-electron chi connectivity index (χ3n) is 4.32. The SMILES string of the molecule is CNCc1cc(C)ccc1Pc1cc(OC)ccc1OCc1ccccc1. The van der Waals surface area contributed by atoms with Gasteiger partial charge in [-0.25, -0.2) is 0 Å². The average molecular weight is 379 g/mol. The monoisotopic (exact) mass is 379 g/mol. The minimum Gasteiger partial charge on any atom is -0.497 e. The zero-order chi connectivity index (χ0) is 19.1. The molecule has 0 fully saturated rings. The number of benzene rings is 3. The molecule has 0 radical (unpaired) electrons. The van der Waals surface area contributed by atoms with Crippen molar-refractivity contribution in [2.24, 2.45) is 0 Å². The highest BCUT2D eigenvalue weighted by molar-refractivity contribution is 7.55. The van der Waals surface area contributed by atoms with E-state index in [0.717, 1.165) is 28.9 Å². The van der Waals surface area contributed by atoms with Gasteiger partial charge < -0.3 is 14.8 Å². The van der Waals surface area contributed by atoms with Crippen molar-refractivity contribution in [1.29, 1.82) is 0 Å². The van der Waals surface area contributed by atoms with Crippen molar-refractivity contribution in [3.8, 4) is 11.5 Å². The first kappa shape index (κ1) is 19.4. The molecule has 0 bridgehead atoms. The van der Waals surface area contributed by atoms with Crippen molar-refractivity contribution in [2.45, 2.75) is 20.1 Å². The lowest BCUT2D eigenvalue weighted by molar-refractivity contribution is 0.308. The molecular weight excluding hydrogens is 353 g/mol. The molecule has 3 aromatic rings. The molecule has 4 heteroatoms. The molecule has 0 aliphatic carbocycles. The maximum atomic E-state index is 6.15. The fraction of sp³-hybridized carbons (Fsp3) is 0.217. The van der Waals surface area contributed by atoms with Crippen molar-refractivity contribution in [1.82, 2.24) is 5.32 Å². The van der Waals surface area contributed by atoms with E-state index >= 15 is 0 Å². The molecule has 0 spiro atoms. The Labute approximate surface area is 163 Å². The second-order valence-electron chi connectivity index (χ2n) is 6.45. The summed E-state index contributed by atoms with van der Waals surface area (Å²) in [5, 5.41) is 5.76. The highest BCUT2D eigenvalue weighted by atomic mass is 31.1. The molecule has 140 valence electrons.